The third-order valence-corrected chi connectivity index (χ3v) is 4.59. The van der Waals surface area contributed by atoms with Crippen LogP contribution < -0.4 is 15.8 Å². The Morgan fingerprint density at radius 1 is 1.19 bits per heavy atom. The van der Waals surface area contributed by atoms with Crippen LogP contribution in [0.25, 0.3) is 0 Å². The van der Waals surface area contributed by atoms with Crippen LogP contribution in [-0.4, -0.2) is 20.4 Å². The number of aromatic nitrogens is 1. The minimum atomic E-state index is -3.49. The number of nitrogens with two attached hydrogens (primary N) is 1. The number of nitrogen functional groups attached to an aromatic ring is 1. The van der Waals surface area contributed by atoms with E-state index in [1.165, 1.54) is 19.2 Å². The number of nitrogens with one attached hydrogen (secondary N) is 2. The van der Waals surface area contributed by atoms with Crippen molar-refractivity contribution in [1.29, 1.82) is 0 Å². The van der Waals surface area contributed by atoms with E-state index in [2.05, 4.69) is 15.0 Å². The van der Waals surface area contributed by atoms with E-state index in [1.807, 2.05) is 19.1 Å². The lowest BCUT2D eigenvalue weighted by molar-refractivity contribution is 0.588. The first-order valence-electron chi connectivity index (χ1n) is 6.43. The molecule has 0 spiro atoms. The number of nitrogens with zero attached hydrogens (tertiary/aromatic N) is 1. The van der Waals surface area contributed by atoms with Gasteiger partial charge in [0.1, 0.15) is 0 Å². The van der Waals surface area contributed by atoms with Crippen molar-refractivity contribution in [3.63, 3.8) is 0 Å². The zero-order valence-corrected chi connectivity index (χ0v) is 12.7. The van der Waals surface area contributed by atoms with E-state index < -0.39 is 10.0 Å². The standard InChI is InChI=1S/C14H18N4O2S/c1-10(11-5-7-17-8-6-11)18-14-9-12(3-4-13(14)15)21(19,20)16-2/h3-10,16,18H,15H2,1-2H3. The first-order valence-corrected chi connectivity index (χ1v) is 7.92. The van der Waals surface area contributed by atoms with Crippen molar-refractivity contribution in [3.05, 3.63) is 48.3 Å². The normalized spacial score (nSPS) is 12.9. The summed E-state index contributed by atoms with van der Waals surface area (Å²) in [6.45, 7) is 1.97. The van der Waals surface area contributed by atoms with Gasteiger partial charge in [-0.2, -0.15) is 0 Å². The van der Waals surface area contributed by atoms with Gasteiger partial charge < -0.3 is 11.1 Å². The molecule has 6 nitrogen and oxygen atoms in total. The van der Waals surface area contributed by atoms with E-state index in [0.29, 0.717) is 11.4 Å². The van der Waals surface area contributed by atoms with Crippen molar-refractivity contribution in [2.45, 2.75) is 17.9 Å². The van der Waals surface area contributed by atoms with Crippen LogP contribution in [-0.2, 0) is 10.0 Å². The second-order valence-electron chi connectivity index (χ2n) is 4.60. The molecule has 1 unspecified atom stereocenters. The number of anilines is 2. The molecule has 112 valence electrons. The summed E-state index contributed by atoms with van der Waals surface area (Å²) < 4.78 is 25.9. The number of hydrogen-bond acceptors (Lipinski definition) is 5. The molecule has 0 radical (unpaired) electrons. The van der Waals surface area contributed by atoms with Crippen molar-refractivity contribution in [1.82, 2.24) is 9.71 Å². The third kappa shape index (κ3) is 3.50. The van der Waals surface area contributed by atoms with Crippen molar-refractivity contribution >= 4 is 21.4 Å². The summed E-state index contributed by atoms with van der Waals surface area (Å²) in [5.41, 5.74) is 8.01. The predicted molar refractivity (Wildman–Crippen MR) is 83.4 cm³/mol. The van der Waals surface area contributed by atoms with Crippen LogP contribution in [0.15, 0.2) is 47.6 Å². The van der Waals surface area contributed by atoms with Crippen LogP contribution in [0.3, 0.4) is 0 Å². The topological polar surface area (TPSA) is 97.1 Å². The largest absolute Gasteiger partial charge is 0.397 e. The van der Waals surface area contributed by atoms with E-state index >= 15 is 0 Å². The molecule has 21 heavy (non-hydrogen) atoms. The average molecular weight is 306 g/mol. The molecule has 1 aromatic heterocycles. The monoisotopic (exact) mass is 306 g/mol. The molecule has 1 atom stereocenters. The van der Waals surface area contributed by atoms with Crippen molar-refractivity contribution in [3.8, 4) is 0 Å². The lowest BCUT2D eigenvalue weighted by atomic mass is 10.1. The van der Waals surface area contributed by atoms with Gasteiger partial charge in [-0.15, -0.1) is 0 Å². The highest BCUT2D eigenvalue weighted by Gasteiger charge is 2.14. The molecule has 4 N–H and O–H groups in total. The minimum Gasteiger partial charge on any atom is -0.397 e. The molecule has 2 aromatic rings. The van der Waals surface area contributed by atoms with Crippen molar-refractivity contribution < 1.29 is 8.42 Å². The van der Waals surface area contributed by atoms with Gasteiger partial charge in [0.15, 0.2) is 0 Å². The van der Waals surface area contributed by atoms with Gasteiger partial charge in [0, 0.05) is 18.4 Å². The summed E-state index contributed by atoms with van der Waals surface area (Å²) in [5, 5.41) is 3.22. The fraction of sp³-hybridized carbons (Fsp3) is 0.214. The van der Waals surface area contributed by atoms with E-state index in [9.17, 15) is 8.42 Å². The van der Waals surface area contributed by atoms with Gasteiger partial charge in [0.05, 0.1) is 16.3 Å². The summed E-state index contributed by atoms with van der Waals surface area (Å²) in [4.78, 5) is 4.14. The fourth-order valence-corrected chi connectivity index (χ4v) is 2.67. The Labute approximate surface area is 124 Å². The molecule has 1 aromatic carbocycles. The minimum absolute atomic E-state index is 0.0251. The molecule has 0 aliphatic carbocycles. The number of hydrogen-bond donors (Lipinski definition) is 3. The van der Waals surface area contributed by atoms with E-state index in [0.717, 1.165) is 5.56 Å². The van der Waals surface area contributed by atoms with Gasteiger partial charge in [-0.1, -0.05) is 0 Å². The van der Waals surface area contributed by atoms with Crippen LogP contribution in [0, 0.1) is 0 Å². The SMILES string of the molecule is CNS(=O)(=O)c1ccc(N)c(NC(C)c2ccncc2)c1. The van der Waals surface area contributed by atoms with Crippen molar-refractivity contribution in [2.24, 2.45) is 0 Å². The Morgan fingerprint density at radius 2 is 1.86 bits per heavy atom. The smallest absolute Gasteiger partial charge is 0.240 e. The molecule has 7 heteroatoms. The molecule has 0 saturated heterocycles. The number of rotatable bonds is 5. The van der Waals surface area contributed by atoms with Crippen LogP contribution >= 0.6 is 0 Å². The zero-order chi connectivity index (χ0) is 15.5. The number of sulfonamides is 1. The molecule has 0 aliphatic heterocycles. The highest BCUT2D eigenvalue weighted by molar-refractivity contribution is 7.89. The summed E-state index contributed by atoms with van der Waals surface area (Å²) in [6, 6.07) is 8.33. The van der Waals surface area contributed by atoms with Crippen LogP contribution in [0.2, 0.25) is 0 Å². The Kier molecular flexibility index (Phi) is 4.44. The second-order valence-corrected chi connectivity index (χ2v) is 6.49. The zero-order valence-electron chi connectivity index (χ0n) is 11.9. The molecule has 0 saturated carbocycles. The van der Waals surface area contributed by atoms with Crippen LogP contribution in [0.1, 0.15) is 18.5 Å². The Morgan fingerprint density at radius 3 is 2.48 bits per heavy atom. The van der Waals surface area contributed by atoms with Crippen LogP contribution in [0.5, 0.6) is 0 Å². The number of benzene rings is 1. The van der Waals surface area contributed by atoms with E-state index in [4.69, 9.17) is 5.73 Å². The van der Waals surface area contributed by atoms with Gasteiger partial charge in [0.25, 0.3) is 0 Å². The Balaban J connectivity index is 2.30. The summed E-state index contributed by atoms with van der Waals surface area (Å²) >= 11 is 0. The van der Waals surface area contributed by atoms with Gasteiger partial charge in [0.2, 0.25) is 10.0 Å². The predicted octanol–water partition coefficient (Wildman–Crippen LogP) is 1.74. The molecule has 0 amide bonds. The van der Waals surface area contributed by atoms with E-state index in [1.54, 1.807) is 18.5 Å². The maximum Gasteiger partial charge on any atom is 0.240 e. The first kappa shape index (κ1) is 15.3. The van der Waals surface area contributed by atoms with E-state index in [-0.39, 0.29) is 10.9 Å². The Hall–Kier alpha value is -2.12. The molecule has 0 fully saturated rings. The molecule has 2 rings (SSSR count). The van der Waals surface area contributed by atoms with Gasteiger partial charge in [-0.3, -0.25) is 4.98 Å². The maximum atomic E-state index is 11.8. The quantitative estimate of drug-likeness (QED) is 0.731. The molecule has 0 bridgehead atoms. The van der Waals surface area contributed by atoms with Gasteiger partial charge in [-0.25, -0.2) is 13.1 Å². The van der Waals surface area contributed by atoms with Gasteiger partial charge in [-0.05, 0) is 49.9 Å². The average Bonchev–Trinajstić information content (AvgIpc) is 2.50. The van der Waals surface area contributed by atoms with Gasteiger partial charge >= 0.3 is 0 Å². The first-order chi connectivity index (χ1) is 9.94. The summed E-state index contributed by atoms with van der Waals surface area (Å²) in [6.07, 6.45) is 3.41. The summed E-state index contributed by atoms with van der Waals surface area (Å²) in [5.74, 6) is 0. The lowest BCUT2D eigenvalue weighted by Crippen LogP contribution is -2.19. The highest BCUT2D eigenvalue weighted by atomic mass is 32.2. The summed E-state index contributed by atoms with van der Waals surface area (Å²) in [7, 11) is -2.12. The fourth-order valence-electron chi connectivity index (χ4n) is 1.91. The Bertz CT molecular complexity index is 717. The molecule has 1 heterocycles. The highest BCUT2D eigenvalue weighted by Crippen LogP contribution is 2.26. The third-order valence-electron chi connectivity index (χ3n) is 3.18. The second kappa shape index (κ2) is 6.11. The van der Waals surface area contributed by atoms with Crippen LogP contribution in [0.4, 0.5) is 11.4 Å². The lowest BCUT2D eigenvalue weighted by Gasteiger charge is -2.18. The molecule has 0 aliphatic rings. The molecular weight excluding hydrogens is 288 g/mol. The molecular formula is C14H18N4O2S. The van der Waals surface area contributed by atoms with Crippen molar-refractivity contribution in [2.75, 3.05) is 18.1 Å². The maximum absolute atomic E-state index is 11.8. The number of pyridine rings is 1.